The van der Waals surface area contributed by atoms with Crippen molar-refractivity contribution < 1.29 is 53.4 Å². The number of hydrogen-bond acceptors (Lipinski definition) is 8. The van der Waals surface area contributed by atoms with Crippen molar-refractivity contribution in [1.82, 2.24) is 0 Å². The van der Waals surface area contributed by atoms with Crippen LogP contribution in [0.4, 0.5) is 11.4 Å². The van der Waals surface area contributed by atoms with E-state index in [0.29, 0.717) is 50.0 Å². The first-order valence-electron chi connectivity index (χ1n) is 16.5. The standard InChI is InChI=1S/C35H44N2O11S3/c1-5-36-29-18-16-25(50(43,44)45)23-27(29)34(2,3)31(36)13-7-6-8-14-32-35(4,20-10-9-15-33(38)39)28-24-26(51(46,47)48)17-19-30(28)37(32)21-11-12-22-49(40,41)42/h6-8,13-14,16-19,23-24H,5,9-12,15,20-22H2,1-4H3,(H3-,38,39,40,41,42,43,44,45,46,47,48)/p+1. The summed E-state index contributed by atoms with van der Waals surface area (Å²) in [6, 6.07) is 8.84. The van der Waals surface area contributed by atoms with Gasteiger partial charge in [-0.15, -0.1) is 0 Å². The summed E-state index contributed by atoms with van der Waals surface area (Å²) >= 11 is 0. The van der Waals surface area contributed by atoms with Crippen molar-refractivity contribution in [2.24, 2.45) is 0 Å². The fourth-order valence-corrected chi connectivity index (χ4v) is 8.60. The van der Waals surface area contributed by atoms with Gasteiger partial charge in [0.25, 0.3) is 30.4 Å². The summed E-state index contributed by atoms with van der Waals surface area (Å²) < 4.78 is 102. The van der Waals surface area contributed by atoms with Crippen LogP contribution in [-0.4, -0.2) is 79.1 Å². The van der Waals surface area contributed by atoms with E-state index in [1.165, 1.54) is 24.3 Å². The number of unbranched alkanes of at least 4 members (excludes halogenated alkanes) is 2. The number of hydrogen-bond donors (Lipinski definition) is 4. The largest absolute Gasteiger partial charge is 0.481 e. The maximum Gasteiger partial charge on any atom is 0.303 e. The van der Waals surface area contributed by atoms with E-state index in [0.717, 1.165) is 22.7 Å². The van der Waals surface area contributed by atoms with Crippen molar-refractivity contribution in [3.8, 4) is 0 Å². The van der Waals surface area contributed by atoms with Crippen LogP contribution in [0.15, 0.2) is 82.3 Å². The van der Waals surface area contributed by atoms with E-state index in [2.05, 4.69) is 4.58 Å². The third kappa shape index (κ3) is 9.04. The van der Waals surface area contributed by atoms with Gasteiger partial charge in [-0.1, -0.05) is 24.6 Å². The Labute approximate surface area is 300 Å². The molecule has 0 aliphatic carbocycles. The molecule has 0 aromatic heterocycles. The fraction of sp³-hybridized carbons (Fsp3) is 0.429. The molecule has 2 aromatic carbocycles. The zero-order valence-electron chi connectivity index (χ0n) is 29.0. The third-order valence-electron chi connectivity index (χ3n) is 9.57. The van der Waals surface area contributed by atoms with Crippen LogP contribution in [0.25, 0.3) is 0 Å². The smallest absolute Gasteiger partial charge is 0.303 e. The van der Waals surface area contributed by atoms with E-state index in [9.17, 15) is 48.8 Å². The van der Waals surface area contributed by atoms with Crippen LogP contribution in [0.3, 0.4) is 0 Å². The van der Waals surface area contributed by atoms with Gasteiger partial charge in [0, 0.05) is 47.5 Å². The zero-order valence-corrected chi connectivity index (χ0v) is 31.4. The average Bonchev–Trinajstić information content (AvgIpc) is 3.38. The monoisotopic (exact) mass is 765 g/mol. The quantitative estimate of drug-likeness (QED) is 0.0707. The van der Waals surface area contributed by atoms with Crippen LogP contribution >= 0.6 is 0 Å². The second-order valence-corrected chi connectivity index (χ2v) is 17.9. The maximum absolute atomic E-state index is 12.1. The predicted molar refractivity (Wildman–Crippen MR) is 194 cm³/mol. The Hall–Kier alpha value is -3.67. The highest BCUT2D eigenvalue weighted by Crippen LogP contribution is 2.51. The van der Waals surface area contributed by atoms with Gasteiger partial charge in [-0.25, -0.2) is 0 Å². The summed E-state index contributed by atoms with van der Waals surface area (Å²) in [5.41, 5.74) is 3.10. The van der Waals surface area contributed by atoms with Gasteiger partial charge in [-0.05, 0) is 95.3 Å². The minimum absolute atomic E-state index is 0.0396. The molecule has 0 saturated heterocycles. The number of anilines is 1. The number of aliphatic carboxylic acids is 1. The first-order valence-corrected chi connectivity index (χ1v) is 21.0. The summed E-state index contributed by atoms with van der Waals surface area (Å²) in [7, 11) is -13.1. The number of allylic oxidation sites excluding steroid dienone is 6. The molecule has 13 nitrogen and oxygen atoms in total. The lowest BCUT2D eigenvalue weighted by Crippen LogP contribution is -2.29. The van der Waals surface area contributed by atoms with Crippen molar-refractivity contribution >= 4 is 53.4 Å². The Morgan fingerprint density at radius 1 is 0.824 bits per heavy atom. The van der Waals surface area contributed by atoms with Gasteiger partial charge in [0.1, 0.15) is 6.54 Å². The molecule has 2 aliphatic rings. The molecule has 2 aliphatic heterocycles. The molecule has 0 bridgehead atoms. The predicted octanol–water partition coefficient (Wildman–Crippen LogP) is 5.66. The highest BCUT2D eigenvalue weighted by Gasteiger charge is 2.45. The van der Waals surface area contributed by atoms with Crippen molar-refractivity contribution in [1.29, 1.82) is 0 Å². The number of carboxylic acid groups (broad SMARTS) is 1. The Balaban J connectivity index is 1.73. The molecule has 51 heavy (non-hydrogen) atoms. The van der Waals surface area contributed by atoms with Crippen molar-refractivity contribution in [3.63, 3.8) is 0 Å². The van der Waals surface area contributed by atoms with E-state index >= 15 is 0 Å². The molecule has 0 spiro atoms. The lowest BCUT2D eigenvalue weighted by molar-refractivity contribution is -0.433. The lowest BCUT2D eigenvalue weighted by atomic mass is 9.77. The zero-order chi connectivity index (χ0) is 38.0. The summed E-state index contributed by atoms with van der Waals surface area (Å²) in [6.45, 7) is 8.76. The van der Waals surface area contributed by atoms with Crippen molar-refractivity contribution in [2.75, 3.05) is 23.7 Å². The Morgan fingerprint density at radius 2 is 1.45 bits per heavy atom. The second-order valence-electron chi connectivity index (χ2n) is 13.4. The number of carbonyl (C=O) groups is 1. The molecule has 278 valence electrons. The minimum Gasteiger partial charge on any atom is -0.481 e. The van der Waals surface area contributed by atoms with E-state index < -0.39 is 52.9 Å². The van der Waals surface area contributed by atoms with Gasteiger partial charge < -0.3 is 10.0 Å². The van der Waals surface area contributed by atoms with Crippen LogP contribution in [0.1, 0.15) is 77.3 Å². The molecule has 16 heteroatoms. The van der Waals surface area contributed by atoms with Gasteiger partial charge in [0.05, 0.1) is 21.0 Å². The van der Waals surface area contributed by atoms with Crippen LogP contribution < -0.4 is 4.90 Å². The van der Waals surface area contributed by atoms with Gasteiger partial charge in [0.2, 0.25) is 5.69 Å². The summed E-state index contributed by atoms with van der Waals surface area (Å²) in [6.07, 6.45) is 11.1. The van der Waals surface area contributed by atoms with E-state index in [1.54, 1.807) is 12.1 Å². The first-order chi connectivity index (χ1) is 23.6. The topological polar surface area (TPSA) is 207 Å². The molecule has 0 saturated carbocycles. The van der Waals surface area contributed by atoms with Gasteiger partial charge in [-0.2, -0.15) is 29.8 Å². The molecule has 1 atom stereocenters. The van der Waals surface area contributed by atoms with Gasteiger partial charge in [-0.3, -0.25) is 18.5 Å². The number of rotatable bonds is 16. The highest BCUT2D eigenvalue weighted by molar-refractivity contribution is 7.86. The van der Waals surface area contributed by atoms with Gasteiger partial charge >= 0.3 is 5.97 Å². The van der Waals surface area contributed by atoms with Crippen LogP contribution in [0.2, 0.25) is 0 Å². The second kappa shape index (κ2) is 15.1. The van der Waals surface area contributed by atoms with Gasteiger partial charge in [0.15, 0.2) is 5.71 Å². The summed E-state index contributed by atoms with van der Waals surface area (Å²) in [5, 5.41) is 9.20. The van der Waals surface area contributed by atoms with E-state index in [4.69, 9.17) is 0 Å². The SMILES string of the molecule is CC[N+]1=C(/C=C/C=C/C=C2/N(CCCCS(=O)(=O)O)c3ccc(S(=O)(=O)O)cc3C2(C)CCCCC(=O)O)C(C)(C)c2cc(S(=O)(=O)O)ccc21. The Bertz CT molecular complexity index is 2150. The van der Waals surface area contributed by atoms with Crippen LogP contribution in [-0.2, 0) is 46.0 Å². The van der Waals surface area contributed by atoms with Crippen molar-refractivity contribution in [3.05, 3.63) is 83.6 Å². The molecule has 4 N–H and O–H groups in total. The number of carboxylic acids is 1. The van der Waals surface area contributed by atoms with E-state index in [-0.39, 0.29) is 22.6 Å². The number of fused-ring (bicyclic) bond motifs is 2. The molecule has 2 aromatic rings. The lowest BCUT2D eigenvalue weighted by Gasteiger charge is -2.30. The molecule has 0 amide bonds. The van der Waals surface area contributed by atoms with Crippen LogP contribution in [0, 0.1) is 0 Å². The maximum atomic E-state index is 12.1. The van der Waals surface area contributed by atoms with Crippen molar-refractivity contribution in [2.45, 2.75) is 86.8 Å². The third-order valence-corrected chi connectivity index (χ3v) is 12.1. The number of benzene rings is 2. The number of nitrogens with zero attached hydrogens (tertiary/aromatic N) is 2. The summed E-state index contributed by atoms with van der Waals surface area (Å²) in [5.74, 6) is -1.35. The molecule has 2 heterocycles. The summed E-state index contributed by atoms with van der Waals surface area (Å²) in [4.78, 5) is 12.7. The molecular weight excluding hydrogens is 721 g/mol. The average molecular weight is 766 g/mol. The van der Waals surface area contributed by atoms with Crippen LogP contribution in [0.5, 0.6) is 0 Å². The Kier molecular flexibility index (Phi) is 11.9. The molecule has 1 unspecified atom stereocenters. The molecule has 0 fully saturated rings. The highest BCUT2D eigenvalue weighted by atomic mass is 32.2. The minimum atomic E-state index is -4.54. The normalized spacial score (nSPS) is 19.8. The van der Waals surface area contributed by atoms with E-state index in [1.807, 2.05) is 63.0 Å². The first kappa shape index (κ1) is 40.1. The molecule has 4 rings (SSSR count). The Morgan fingerprint density at radius 3 is 2.04 bits per heavy atom. The fourth-order valence-electron chi connectivity index (χ4n) is 7.02. The molecule has 0 radical (unpaired) electrons. The molecular formula is C35H45N2O11S3+.